The van der Waals surface area contributed by atoms with E-state index < -0.39 is 0 Å². The summed E-state index contributed by atoms with van der Waals surface area (Å²) in [5.41, 5.74) is 0. The molecule has 0 spiro atoms. The molecule has 0 saturated heterocycles. The largest absolute Gasteiger partial charge is 0.362 e. The second kappa shape index (κ2) is 18.0. The van der Waals surface area contributed by atoms with Crippen LogP contribution in [0, 0.1) is 0 Å². The van der Waals surface area contributed by atoms with Crippen molar-refractivity contribution >= 4 is 23.2 Å². The zero-order chi connectivity index (χ0) is 20.3. The molecule has 0 aliphatic heterocycles. The molecule has 0 amide bonds. The van der Waals surface area contributed by atoms with Crippen LogP contribution in [0.15, 0.2) is 18.3 Å². The van der Waals surface area contributed by atoms with Gasteiger partial charge in [-0.05, 0) is 18.6 Å². The lowest BCUT2D eigenvalue weighted by atomic mass is 10.0. The van der Waals surface area contributed by atoms with E-state index in [9.17, 15) is 4.79 Å². The molecule has 0 aliphatic rings. The number of ketones is 1. The summed E-state index contributed by atoms with van der Waals surface area (Å²) in [6.07, 6.45) is 22.5. The third-order valence-corrected chi connectivity index (χ3v) is 5.58. The minimum absolute atomic E-state index is 0.233. The van der Waals surface area contributed by atoms with Crippen molar-refractivity contribution in [1.82, 2.24) is 4.98 Å². The Bertz CT molecular complexity index is 507. The Hall–Kier alpha value is -1.09. The summed E-state index contributed by atoms with van der Waals surface area (Å²) in [5, 5.41) is 3.58. The van der Waals surface area contributed by atoms with Crippen LogP contribution in [0.1, 0.15) is 110 Å². The first kappa shape index (κ1) is 24.9. The van der Waals surface area contributed by atoms with Crippen molar-refractivity contribution in [1.29, 1.82) is 0 Å². The molecule has 0 aromatic carbocycles. The fourth-order valence-electron chi connectivity index (χ4n) is 3.48. The maximum atomic E-state index is 11.9. The Balaban J connectivity index is 1.81. The quantitative estimate of drug-likeness (QED) is 0.236. The summed E-state index contributed by atoms with van der Waals surface area (Å²) < 4.78 is 0. The van der Waals surface area contributed by atoms with Crippen LogP contribution >= 0.6 is 11.6 Å². The van der Waals surface area contributed by atoms with Crippen molar-refractivity contribution in [3.05, 3.63) is 23.4 Å². The molecule has 160 valence electrons. The van der Waals surface area contributed by atoms with Gasteiger partial charge in [0.25, 0.3) is 0 Å². The number of hydrogen-bond acceptors (Lipinski definition) is 3. The van der Waals surface area contributed by atoms with Crippen molar-refractivity contribution in [3.63, 3.8) is 0 Å². The number of nitrogens with zero attached hydrogens (tertiary/aromatic N) is 1. The monoisotopic (exact) mass is 408 g/mol. The van der Waals surface area contributed by atoms with Crippen molar-refractivity contribution in [2.75, 3.05) is 11.9 Å². The Morgan fingerprint density at radius 2 is 1.36 bits per heavy atom. The summed E-state index contributed by atoms with van der Waals surface area (Å²) in [5.74, 6) is 0.824. The number of nitrogens with one attached hydrogen (secondary N) is 1. The normalized spacial score (nSPS) is 10.9. The van der Waals surface area contributed by atoms with E-state index in [1.165, 1.54) is 83.5 Å². The van der Waals surface area contributed by atoms with Gasteiger partial charge in [0.05, 0.1) is 11.6 Å². The molecular formula is C24H41ClN2O. The van der Waals surface area contributed by atoms with Gasteiger partial charge in [-0.3, -0.25) is 4.79 Å². The molecule has 1 N–H and O–H groups in total. The van der Waals surface area contributed by atoms with Crippen LogP contribution in [0.2, 0.25) is 5.02 Å². The lowest BCUT2D eigenvalue weighted by Crippen LogP contribution is -2.14. The number of hydrogen-bond donors (Lipinski definition) is 1. The third-order valence-electron chi connectivity index (χ3n) is 5.27. The first-order chi connectivity index (χ1) is 13.7. The molecule has 0 atom stereocenters. The smallest absolute Gasteiger partial charge is 0.151 e. The highest BCUT2D eigenvalue weighted by Crippen LogP contribution is 2.17. The molecule has 0 saturated carbocycles. The number of rotatable bonds is 19. The number of pyridine rings is 1. The van der Waals surface area contributed by atoms with Crippen molar-refractivity contribution < 1.29 is 4.79 Å². The van der Waals surface area contributed by atoms with Gasteiger partial charge in [0, 0.05) is 12.6 Å². The molecular weight excluding hydrogens is 368 g/mol. The zero-order valence-electron chi connectivity index (χ0n) is 18.0. The van der Waals surface area contributed by atoms with Gasteiger partial charge in [-0.2, -0.15) is 0 Å². The SMILES string of the molecule is CCCCCCCCCCCCCCCCCC(=O)CNc1ncccc1Cl. The van der Waals surface area contributed by atoms with E-state index in [4.69, 9.17) is 11.6 Å². The van der Waals surface area contributed by atoms with Gasteiger partial charge >= 0.3 is 0 Å². The number of unbranched alkanes of at least 4 members (excludes halogenated alkanes) is 14. The van der Waals surface area contributed by atoms with Gasteiger partial charge in [0.2, 0.25) is 0 Å². The standard InChI is InChI=1S/C24H41ClN2O/c1-2-3-4-5-6-7-8-9-10-11-12-13-14-15-16-18-22(28)21-27-24-23(25)19-17-20-26-24/h17,19-20H,2-16,18,21H2,1H3,(H,26,27). The predicted molar refractivity (Wildman–Crippen MR) is 122 cm³/mol. The second-order valence-corrected chi connectivity index (χ2v) is 8.33. The van der Waals surface area contributed by atoms with Crippen LogP contribution in [0.4, 0.5) is 5.82 Å². The molecule has 4 heteroatoms. The van der Waals surface area contributed by atoms with Gasteiger partial charge in [0.1, 0.15) is 5.82 Å². The predicted octanol–water partition coefficient (Wildman–Crippen LogP) is 7.98. The van der Waals surface area contributed by atoms with Crippen LogP contribution in [0.25, 0.3) is 0 Å². The first-order valence-corrected chi connectivity index (χ1v) is 12.0. The fourth-order valence-corrected chi connectivity index (χ4v) is 3.67. The van der Waals surface area contributed by atoms with Gasteiger partial charge < -0.3 is 5.32 Å². The Labute approximate surface area is 178 Å². The number of carbonyl (C=O) groups is 1. The van der Waals surface area contributed by atoms with Crippen LogP contribution in [-0.4, -0.2) is 17.3 Å². The third kappa shape index (κ3) is 14.0. The molecule has 0 bridgehead atoms. The summed E-state index contributed by atoms with van der Waals surface area (Å²) in [7, 11) is 0. The van der Waals surface area contributed by atoms with E-state index in [-0.39, 0.29) is 5.78 Å². The molecule has 0 aliphatic carbocycles. The molecule has 3 nitrogen and oxygen atoms in total. The number of carbonyl (C=O) groups excluding carboxylic acids is 1. The minimum Gasteiger partial charge on any atom is -0.362 e. The molecule has 0 radical (unpaired) electrons. The molecule has 0 unspecified atom stereocenters. The average molecular weight is 409 g/mol. The van der Waals surface area contributed by atoms with Crippen LogP contribution in [-0.2, 0) is 4.79 Å². The summed E-state index contributed by atoms with van der Waals surface area (Å²) in [4.78, 5) is 16.1. The van der Waals surface area contributed by atoms with E-state index in [0.29, 0.717) is 23.8 Å². The van der Waals surface area contributed by atoms with Crippen molar-refractivity contribution in [3.8, 4) is 0 Å². The lowest BCUT2D eigenvalue weighted by molar-refractivity contribution is -0.117. The van der Waals surface area contributed by atoms with E-state index in [0.717, 1.165) is 12.8 Å². The number of halogens is 1. The summed E-state index contributed by atoms with van der Waals surface area (Å²) in [6.45, 7) is 2.59. The Kier molecular flexibility index (Phi) is 16.0. The Morgan fingerprint density at radius 3 is 1.86 bits per heavy atom. The van der Waals surface area contributed by atoms with Crippen molar-refractivity contribution in [2.45, 2.75) is 110 Å². The molecule has 1 rings (SSSR count). The molecule has 1 heterocycles. The van der Waals surface area contributed by atoms with Crippen LogP contribution < -0.4 is 5.32 Å². The molecule has 1 aromatic heterocycles. The maximum absolute atomic E-state index is 11.9. The number of aromatic nitrogens is 1. The lowest BCUT2D eigenvalue weighted by Gasteiger charge is -2.06. The fraction of sp³-hybridized carbons (Fsp3) is 0.750. The topological polar surface area (TPSA) is 42.0 Å². The van der Waals surface area contributed by atoms with E-state index in [2.05, 4.69) is 17.2 Å². The molecule has 28 heavy (non-hydrogen) atoms. The maximum Gasteiger partial charge on any atom is 0.151 e. The van der Waals surface area contributed by atoms with Crippen molar-refractivity contribution in [2.24, 2.45) is 0 Å². The van der Waals surface area contributed by atoms with E-state index >= 15 is 0 Å². The highest BCUT2D eigenvalue weighted by atomic mass is 35.5. The van der Waals surface area contributed by atoms with Gasteiger partial charge in [-0.1, -0.05) is 108 Å². The molecule has 1 aromatic rings. The zero-order valence-corrected chi connectivity index (χ0v) is 18.7. The van der Waals surface area contributed by atoms with Gasteiger partial charge in [-0.15, -0.1) is 0 Å². The first-order valence-electron chi connectivity index (χ1n) is 11.6. The molecule has 0 fully saturated rings. The number of anilines is 1. The van der Waals surface area contributed by atoms with E-state index in [1.807, 2.05) is 0 Å². The average Bonchev–Trinajstić information content (AvgIpc) is 2.70. The summed E-state index contributed by atoms with van der Waals surface area (Å²) in [6, 6.07) is 3.56. The van der Waals surface area contributed by atoms with E-state index in [1.54, 1.807) is 18.3 Å². The van der Waals surface area contributed by atoms with Gasteiger partial charge in [0.15, 0.2) is 5.78 Å². The highest BCUT2D eigenvalue weighted by Gasteiger charge is 2.04. The minimum atomic E-state index is 0.233. The van der Waals surface area contributed by atoms with Crippen LogP contribution in [0.3, 0.4) is 0 Å². The highest BCUT2D eigenvalue weighted by molar-refractivity contribution is 6.32. The Morgan fingerprint density at radius 1 is 0.857 bits per heavy atom. The van der Waals surface area contributed by atoms with Crippen LogP contribution in [0.5, 0.6) is 0 Å². The second-order valence-electron chi connectivity index (χ2n) is 7.93. The van der Waals surface area contributed by atoms with Gasteiger partial charge in [-0.25, -0.2) is 4.98 Å². The summed E-state index contributed by atoms with van der Waals surface area (Å²) >= 11 is 6.02. The number of Topliss-reactive ketones (excluding diaryl/α,β-unsaturated/α-hetero) is 1.